The molecule has 1 saturated carbocycles. The van der Waals surface area contributed by atoms with Gasteiger partial charge in [-0.2, -0.15) is 0 Å². The minimum Gasteiger partial charge on any atom is -0.309 e. The van der Waals surface area contributed by atoms with Crippen LogP contribution < -0.4 is 5.32 Å². The standard InChI is InChI=1S/C14H15ClN2S/c15-11-3-1-2-10(6-11)7-14-17-9-13(18-14)8-16-12-4-5-12/h1-3,6,9,12,16H,4-5,7-8H2. The molecule has 0 amide bonds. The van der Waals surface area contributed by atoms with Gasteiger partial charge in [0.1, 0.15) is 0 Å². The SMILES string of the molecule is Clc1cccc(Cc2ncc(CNC3CC3)s2)c1. The van der Waals surface area contributed by atoms with Crippen molar-refractivity contribution in [2.75, 3.05) is 0 Å². The van der Waals surface area contributed by atoms with Crippen LogP contribution in [-0.4, -0.2) is 11.0 Å². The number of thiazole rings is 1. The molecule has 0 bridgehead atoms. The number of hydrogen-bond acceptors (Lipinski definition) is 3. The number of benzene rings is 1. The predicted octanol–water partition coefficient (Wildman–Crippen LogP) is 3.64. The van der Waals surface area contributed by atoms with Gasteiger partial charge in [0.25, 0.3) is 0 Å². The summed E-state index contributed by atoms with van der Waals surface area (Å²) < 4.78 is 0. The Labute approximate surface area is 116 Å². The number of rotatable bonds is 5. The van der Waals surface area contributed by atoms with Crippen molar-refractivity contribution in [1.82, 2.24) is 10.3 Å². The number of nitrogens with zero attached hydrogens (tertiary/aromatic N) is 1. The molecule has 1 heterocycles. The van der Waals surface area contributed by atoms with Crippen molar-refractivity contribution in [2.24, 2.45) is 0 Å². The molecular formula is C14H15ClN2S. The molecule has 1 aromatic heterocycles. The Morgan fingerprint density at radius 1 is 1.39 bits per heavy atom. The lowest BCUT2D eigenvalue weighted by molar-refractivity contribution is 0.694. The summed E-state index contributed by atoms with van der Waals surface area (Å²) in [5.74, 6) is 0. The highest BCUT2D eigenvalue weighted by atomic mass is 35.5. The van der Waals surface area contributed by atoms with Gasteiger partial charge in [-0.3, -0.25) is 0 Å². The summed E-state index contributed by atoms with van der Waals surface area (Å²) in [4.78, 5) is 5.79. The van der Waals surface area contributed by atoms with Gasteiger partial charge in [0.15, 0.2) is 0 Å². The molecule has 4 heteroatoms. The van der Waals surface area contributed by atoms with Gasteiger partial charge in [-0.15, -0.1) is 11.3 Å². The van der Waals surface area contributed by atoms with Gasteiger partial charge in [0.05, 0.1) is 5.01 Å². The van der Waals surface area contributed by atoms with Crippen molar-refractivity contribution in [3.05, 3.63) is 50.9 Å². The third-order valence-corrected chi connectivity index (χ3v) is 4.22. The van der Waals surface area contributed by atoms with E-state index in [-0.39, 0.29) is 0 Å². The van der Waals surface area contributed by atoms with Crippen LogP contribution in [0.3, 0.4) is 0 Å². The van der Waals surface area contributed by atoms with E-state index in [1.54, 1.807) is 11.3 Å². The minimum atomic E-state index is 0.753. The molecule has 1 N–H and O–H groups in total. The van der Waals surface area contributed by atoms with Crippen molar-refractivity contribution in [3.63, 3.8) is 0 Å². The molecule has 2 aromatic rings. The van der Waals surface area contributed by atoms with Gasteiger partial charge in [0.2, 0.25) is 0 Å². The van der Waals surface area contributed by atoms with E-state index < -0.39 is 0 Å². The van der Waals surface area contributed by atoms with E-state index in [2.05, 4.69) is 16.4 Å². The Bertz CT molecular complexity index is 534. The largest absolute Gasteiger partial charge is 0.309 e. The minimum absolute atomic E-state index is 0.753. The molecule has 0 spiro atoms. The van der Waals surface area contributed by atoms with Crippen molar-refractivity contribution in [2.45, 2.75) is 31.8 Å². The quantitative estimate of drug-likeness (QED) is 0.903. The zero-order valence-electron chi connectivity index (χ0n) is 10.0. The molecule has 1 aromatic carbocycles. The average molecular weight is 279 g/mol. The van der Waals surface area contributed by atoms with Crippen molar-refractivity contribution >= 4 is 22.9 Å². The van der Waals surface area contributed by atoms with Crippen LogP contribution in [0.4, 0.5) is 0 Å². The molecule has 0 saturated heterocycles. The van der Waals surface area contributed by atoms with Crippen molar-refractivity contribution in [3.8, 4) is 0 Å². The maximum atomic E-state index is 5.98. The van der Waals surface area contributed by atoms with E-state index in [9.17, 15) is 0 Å². The molecule has 1 aliphatic rings. The Hall–Kier alpha value is -0.900. The van der Waals surface area contributed by atoms with Gasteiger partial charge in [0, 0.05) is 35.1 Å². The van der Waals surface area contributed by atoms with Gasteiger partial charge >= 0.3 is 0 Å². The fourth-order valence-corrected chi connectivity index (χ4v) is 2.99. The Morgan fingerprint density at radius 2 is 2.28 bits per heavy atom. The molecule has 1 fully saturated rings. The van der Waals surface area contributed by atoms with Crippen LogP contribution in [-0.2, 0) is 13.0 Å². The first-order valence-electron chi connectivity index (χ1n) is 6.21. The second-order valence-electron chi connectivity index (χ2n) is 4.68. The van der Waals surface area contributed by atoms with E-state index in [1.807, 2.05) is 24.4 Å². The van der Waals surface area contributed by atoms with Gasteiger partial charge in [-0.25, -0.2) is 4.98 Å². The van der Waals surface area contributed by atoms with Gasteiger partial charge in [-0.1, -0.05) is 23.7 Å². The lowest BCUT2D eigenvalue weighted by Crippen LogP contribution is -2.14. The maximum Gasteiger partial charge on any atom is 0.0972 e. The van der Waals surface area contributed by atoms with Crippen LogP contribution in [0.2, 0.25) is 5.02 Å². The normalized spacial score (nSPS) is 14.9. The second-order valence-corrected chi connectivity index (χ2v) is 6.32. The summed E-state index contributed by atoms with van der Waals surface area (Å²) >= 11 is 7.77. The monoisotopic (exact) mass is 278 g/mol. The lowest BCUT2D eigenvalue weighted by Gasteiger charge is -1.99. The van der Waals surface area contributed by atoms with Crippen molar-refractivity contribution < 1.29 is 0 Å². The van der Waals surface area contributed by atoms with E-state index in [0.717, 1.165) is 29.0 Å². The van der Waals surface area contributed by atoms with E-state index in [1.165, 1.54) is 23.3 Å². The number of halogens is 1. The van der Waals surface area contributed by atoms with E-state index in [0.29, 0.717) is 0 Å². The molecule has 0 aliphatic heterocycles. The predicted molar refractivity (Wildman–Crippen MR) is 76.2 cm³/mol. The maximum absolute atomic E-state index is 5.98. The Kier molecular flexibility index (Phi) is 3.64. The molecule has 0 radical (unpaired) electrons. The highest BCUT2D eigenvalue weighted by Gasteiger charge is 2.20. The summed E-state index contributed by atoms with van der Waals surface area (Å²) in [6, 6.07) is 8.74. The first-order valence-corrected chi connectivity index (χ1v) is 7.40. The molecule has 0 unspecified atom stereocenters. The summed E-state index contributed by atoms with van der Waals surface area (Å²) in [6.07, 6.45) is 5.51. The number of nitrogens with one attached hydrogen (secondary N) is 1. The third kappa shape index (κ3) is 3.31. The van der Waals surface area contributed by atoms with Gasteiger partial charge in [-0.05, 0) is 30.5 Å². The average Bonchev–Trinajstić information content (AvgIpc) is 3.08. The summed E-state index contributed by atoms with van der Waals surface area (Å²) in [6.45, 7) is 0.956. The van der Waals surface area contributed by atoms with Crippen LogP contribution in [0.5, 0.6) is 0 Å². The van der Waals surface area contributed by atoms with Crippen LogP contribution >= 0.6 is 22.9 Å². The zero-order chi connectivity index (χ0) is 12.4. The topological polar surface area (TPSA) is 24.9 Å². The molecule has 2 nitrogen and oxygen atoms in total. The summed E-state index contributed by atoms with van der Waals surface area (Å²) in [7, 11) is 0. The number of hydrogen-bond donors (Lipinski definition) is 1. The van der Waals surface area contributed by atoms with Crippen LogP contribution in [0, 0.1) is 0 Å². The first-order chi connectivity index (χ1) is 8.79. The van der Waals surface area contributed by atoms with E-state index >= 15 is 0 Å². The number of aromatic nitrogens is 1. The van der Waals surface area contributed by atoms with Crippen LogP contribution in [0.25, 0.3) is 0 Å². The highest BCUT2D eigenvalue weighted by Crippen LogP contribution is 2.22. The molecule has 94 valence electrons. The Balaban J connectivity index is 1.61. The fraction of sp³-hybridized carbons (Fsp3) is 0.357. The highest BCUT2D eigenvalue weighted by molar-refractivity contribution is 7.11. The Morgan fingerprint density at radius 3 is 3.06 bits per heavy atom. The zero-order valence-corrected chi connectivity index (χ0v) is 11.6. The fourth-order valence-electron chi connectivity index (χ4n) is 1.87. The molecular weight excluding hydrogens is 264 g/mol. The second kappa shape index (κ2) is 5.39. The van der Waals surface area contributed by atoms with Gasteiger partial charge < -0.3 is 5.32 Å². The molecule has 3 rings (SSSR count). The van der Waals surface area contributed by atoms with Crippen LogP contribution in [0.15, 0.2) is 30.5 Å². The molecule has 1 aliphatic carbocycles. The van der Waals surface area contributed by atoms with E-state index in [4.69, 9.17) is 11.6 Å². The lowest BCUT2D eigenvalue weighted by atomic mass is 10.2. The van der Waals surface area contributed by atoms with Crippen LogP contribution in [0.1, 0.15) is 28.3 Å². The van der Waals surface area contributed by atoms with Crippen molar-refractivity contribution in [1.29, 1.82) is 0 Å². The smallest absolute Gasteiger partial charge is 0.0972 e. The summed E-state index contributed by atoms with van der Waals surface area (Å²) in [5.41, 5.74) is 1.22. The first kappa shape index (κ1) is 12.2. The molecule has 0 atom stereocenters. The third-order valence-electron chi connectivity index (χ3n) is 2.99. The summed E-state index contributed by atoms with van der Waals surface area (Å²) in [5, 5.41) is 5.46. The molecule has 18 heavy (non-hydrogen) atoms.